The summed E-state index contributed by atoms with van der Waals surface area (Å²) < 4.78 is 5.00. The van der Waals surface area contributed by atoms with Crippen molar-refractivity contribution in [1.82, 2.24) is 0 Å². The highest BCUT2D eigenvalue weighted by molar-refractivity contribution is 6.33. The van der Waals surface area contributed by atoms with Crippen LogP contribution in [0.1, 0.15) is 10.4 Å². The summed E-state index contributed by atoms with van der Waals surface area (Å²) in [7, 11) is 1.60. The third-order valence-electron chi connectivity index (χ3n) is 2.40. The predicted octanol–water partition coefficient (Wildman–Crippen LogP) is 1.60. The fourth-order valence-electron chi connectivity index (χ4n) is 1.62. The Bertz CT molecular complexity index is 371. The number of nitrogens with zero attached hydrogens (tertiary/aromatic N) is 1. The first kappa shape index (κ1) is 14.0. The van der Waals surface area contributed by atoms with E-state index in [1.54, 1.807) is 25.3 Å². The molecule has 17 heavy (non-hydrogen) atoms. The zero-order valence-electron chi connectivity index (χ0n) is 9.73. The second-order valence-electron chi connectivity index (χ2n) is 3.50. The third kappa shape index (κ3) is 3.70. The Morgan fingerprint density at radius 1 is 1.47 bits per heavy atom. The first-order chi connectivity index (χ1) is 8.24. The maximum atomic E-state index is 11.0. The molecular weight excluding hydrogens is 242 g/mol. The van der Waals surface area contributed by atoms with Gasteiger partial charge in [-0.15, -0.1) is 0 Å². The van der Waals surface area contributed by atoms with Crippen LogP contribution < -0.4 is 4.90 Å². The molecule has 0 aromatic heterocycles. The molecule has 0 radical (unpaired) electrons. The van der Waals surface area contributed by atoms with Crippen molar-refractivity contribution in [3.8, 4) is 0 Å². The Morgan fingerprint density at radius 2 is 2.24 bits per heavy atom. The highest BCUT2D eigenvalue weighted by atomic mass is 35.5. The lowest BCUT2D eigenvalue weighted by atomic mass is 10.1. The van der Waals surface area contributed by atoms with Gasteiger partial charge in [0.2, 0.25) is 0 Å². The summed E-state index contributed by atoms with van der Waals surface area (Å²) in [6.45, 7) is 1.48. The second-order valence-corrected chi connectivity index (χ2v) is 3.91. The molecular formula is C12H16ClNO3. The van der Waals surface area contributed by atoms with Gasteiger partial charge in [-0.05, 0) is 12.1 Å². The molecule has 0 spiro atoms. The second kappa shape index (κ2) is 7.27. The molecule has 0 heterocycles. The molecule has 0 amide bonds. The van der Waals surface area contributed by atoms with Gasteiger partial charge in [-0.1, -0.05) is 17.7 Å². The van der Waals surface area contributed by atoms with Crippen LogP contribution in [-0.2, 0) is 4.74 Å². The number of benzene rings is 1. The number of hydrogen-bond donors (Lipinski definition) is 1. The van der Waals surface area contributed by atoms with Crippen LogP contribution in [0.2, 0.25) is 5.02 Å². The summed E-state index contributed by atoms with van der Waals surface area (Å²) in [5.74, 6) is 0. The normalized spacial score (nSPS) is 10.3. The molecule has 1 rings (SSSR count). The van der Waals surface area contributed by atoms with Gasteiger partial charge < -0.3 is 14.7 Å². The van der Waals surface area contributed by atoms with Crippen LogP contribution in [-0.4, -0.2) is 44.8 Å². The Balaban J connectivity index is 3.02. The van der Waals surface area contributed by atoms with Crippen LogP contribution in [0.4, 0.5) is 5.69 Å². The Hall–Kier alpha value is -1.10. The standard InChI is InChI=1S/C12H16ClNO3/c1-17-8-6-14(5-7-15)12-10(9-16)3-2-4-11(12)13/h2-4,9,15H,5-8H2,1H3. The van der Waals surface area contributed by atoms with Crippen LogP contribution in [0.15, 0.2) is 18.2 Å². The monoisotopic (exact) mass is 257 g/mol. The summed E-state index contributed by atoms with van der Waals surface area (Å²) in [4.78, 5) is 12.8. The minimum Gasteiger partial charge on any atom is -0.395 e. The molecule has 1 aromatic rings. The van der Waals surface area contributed by atoms with Gasteiger partial charge in [0.15, 0.2) is 6.29 Å². The SMILES string of the molecule is COCCN(CCO)c1c(Cl)cccc1C=O. The van der Waals surface area contributed by atoms with E-state index in [2.05, 4.69) is 0 Å². The fraction of sp³-hybridized carbons (Fsp3) is 0.417. The van der Waals surface area contributed by atoms with Crippen molar-refractivity contribution < 1.29 is 14.6 Å². The first-order valence-electron chi connectivity index (χ1n) is 5.33. The lowest BCUT2D eigenvalue weighted by Gasteiger charge is -2.25. The Morgan fingerprint density at radius 3 is 2.82 bits per heavy atom. The molecule has 0 bridgehead atoms. The van der Waals surface area contributed by atoms with E-state index in [0.29, 0.717) is 36.0 Å². The van der Waals surface area contributed by atoms with E-state index in [0.717, 1.165) is 6.29 Å². The number of carbonyl (C=O) groups excluding carboxylic acids is 1. The molecule has 0 aliphatic heterocycles. The van der Waals surface area contributed by atoms with Gasteiger partial charge in [0.25, 0.3) is 0 Å². The minimum absolute atomic E-state index is 0.00671. The van der Waals surface area contributed by atoms with E-state index in [-0.39, 0.29) is 6.61 Å². The van der Waals surface area contributed by atoms with E-state index in [9.17, 15) is 4.79 Å². The topological polar surface area (TPSA) is 49.8 Å². The number of methoxy groups -OCH3 is 1. The number of rotatable bonds is 7. The van der Waals surface area contributed by atoms with Crippen molar-refractivity contribution in [1.29, 1.82) is 0 Å². The van der Waals surface area contributed by atoms with Gasteiger partial charge in [-0.3, -0.25) is 4.79 Å². The number of anilines is 1. The van der Waals surface area contributed by atoms with Gasteiger partial charge in [-0.25, -0.2) is 0 Å². The van der Waals surface area contributed by atoms with Gasteiger partial charge in [0.05, 0.1) is 23.9 Å². The van der Waals surface area contributed by atoms with Gasteiger partial charge in [0.1, 0.15) is 0 Å². The molecule has 0 unspecified atom stereocenters. The number of aliphatic hydroxyl groups is 1. The van der Waals surface area contributed by atoms with Crippen LogP contribution >= 0.6 is 11.6 Å². The lowest BCUT2D eigenvalue weighted by Crippen LogP contribution is -2.31. The van der Waals surface area contributed by atoms with Crippen molar-refractivity contribution >= 4 is 23.6 Å². The Kier molecular flexibility index (Phi) is 5.97. The zero-order chi connectivity index (χ0) is 12.7. The number of ether oxygens (including phenoxy) is 1. The largest absolute Gasteiger partial charge is 0.395 e. The highest BCUT2D eigenvalue weighted by Crippen LogP contribution is 2.28. The smallest absolute Gasteiger partial charge is 0.152 e. The summed E-state index contributed by atoms with van der Waals surface area (Å²) in [5, 5.41) is 9.54. The van der Waals surface area contributed by atoms with Crippen molar-refractivity contribution in [2.75, 3.05) is 38.3 Å². The Labute approximate surface area is 106 Å². The molecule has 0 aliphatic carbocycles. The molecule has 0 saturated carbocycles. The molecule has 1 N–H and O–H groups in total. The number of carbonyl (C=O) groups is 1. The number of aliphatic hydroxyl groups excluding tert-OH is 1. The van der Waals surface area contributed by atoms with E-state index in [1.165, 1.54) is 0 Å². The summed E-state index contributed by atoms with van der Waals surface area (Å²) in [5.41, 5.74) is 1.16. The van der Waals surface area contributed by atoms with E-state index >= 15 is 0 Å². The average Bonchev–Trinajstić information content (AvgIpc) is 2.34. The molecule has 4 nitrogen and oxygen atoms in total. The maximum absolute atomic E-state index is 11.0. The van der Waals surface area contributed by atoms with Crippen LogP contribution in [0, 0.1) is 0 Å². The van der Waals surface area contributed by atoms with E-state index < -0.39 is 0 Å². The van der Waals surface area contributed by atoms with Crippen molar-refractivity contribution in [3.63, 3.8) is 0 Å². The van der Waals surface area contributed by atoms with Crippen LogP contribution in [0.3, 0.4) is 0 Å². The van der Waals surface area contributed by atoms with E-state index in [1.807, 2.05) is 4.90 Å². The van der Waals surface area contributed by atoms with Crippen LogP contribution in [0.25, 0.3) is 0 Å². The molecule has 1 aromatic carbocycles. The number of halogens is 1. The molecule has 0 saturated heterocycles. The molecule has 5 heteroatoms. The van der Waals surface area contributed by atoms with Gasteiger partial charge in [0, 0.05) is 25.8 Å². The number of para-hydroxylation sites is 1. The molecule has 94 valence electrons. The summed E-state index contributed by atoms with van der Waals surface area (Å²) in [6, 6.07) is 5.15. The predicted molar refractivity (Wildman–Crippen MR) is 68.0 cm³/mol. The highest BCUT2D eigenvalue weighted by Gasteiger charge is 2.14. The maximum Gasteiger partial charge on any atom is 0.152 e. The molecule has 0 aliphatic rings. The zero-order valence-corrected chi connectivity index (χ0v) is 10.5. The minimum atomic E-state index is -0.00671. The van der Waals surface area contributed by atoms with Crippen molar-refractivity contribution in [3.05, 3.63) is 28.8 Å². The van der Waals surface area contributed by atoms with Crippen molar-refractivity contribution in [2.24, 2.45) is 0 Å². The average molecular weight is 258 g/mol. The summed E-state index contributed by atoms with van der Waals surface area (Å²) in [6.07, 6.45) is 0.762. The van der Waals surface area contributed by atoms with Crippen LogP contribution in [0.5, 0.6) is 0 Å². The van der Waals surface area contributed by atoms with Gasteiger partial charge in [-0.2, -0.15) is 0 Å². The quantitative estimate of drug-likeness (QED) is 0.754. The fourth-order valence-corrected chi connectivity index (χ4v) is 1.92. The number of hydrogen-bond acceptors (Lipinski definition) is 4. The third-order valence-corrected chi connectivity index (χ3v) is 2.70. The van der Waals surface area contributed by atoms with Crippen molar-refractivity contribution in [2.45, 2.75) is 0 Å². The van der Waals surface area contributed by atoms with Gasteiger partial charge >= 0.3 is 0 Å². The number of aldehydes is 1. The molecule has 0 atom stereocenters. The lowest BCUT2D eigenvalue weighted by molar-refractivity contribution is 0.112. The summed E-state index contributed by atoms with van der Waals surface area (Å²) >= 11 is 6.09. The first-order valence-corrected chi connectivity index (χ1v) is 5.70. The van der Waals surface area contributed by atoms with E-state index in [4.69, 9.17) is 21.4 Å². The molecule has 0 fully saturated rings.